The van der Waals surface area contributed by atoms with E-state index < -0.39 is 0 Å². The fraction of sp³-hybridized carbons (Fsp3) is 0.276. The summed E-state index contributed by atoms with van der Waals surface area (Å²) in [5, 5.41) is 9.86. The Kier molecular flexibility index (Phi) is 7.45. The van der Waals surface area contributed by atoms with Crippen LogP contribution in [0.4, 0.5) is 17.3 Å². The molecule has 1 heterocycles. The Labute approximate surface area is 235 Å². The maximum absolute atomic E-state index is 12.8. The van der Waals surface area contributed by atoms with Crippen LogP contribution in [-0.4, -0.2) is 21.4 Å². The second kappa shape index (κ2) is 10.8. The predicted molar refractivity (Wildman–Crippen MR) is 156 cm³/mol. The van der Waals surface area contributed by atoms with E-state index in [1.165, 1.54) is 0 Å². The highest BCUT2D eigenvalue weighted by molar-refractivity contribution is 9.10. The largest absolute Gasteiger partial charge is 0.352 e. The van der Waals surface area contributed by atoms with E-state index in [1.54, 1.807) is 12.1 Å². The Morgan fingerprint density at radius 2 is 1.79 bits per heavy atom. The Bertz CT molecular complexity index is 1510. The Hall–Kier alpha value is -3.36. The van der Waals surface area contributed by atoms with Gasteiger partial charge < -0.3 is 20.5 Å². The van der Waals surface area contributed by atoms with Crippen molar-refractivity contribution in [3.05, 3.63) is 81.3 Å². The quantitative estimate of drug-likeness (QED) is 0.211. The van der Waals surface area contributed by atoms with Gasteiger partial charge in [-0.05, 0) is 73.0 Å². The molecule has 0 radical (unpaired) electrons. The fourth-order valence-electron chi connectivity index (χ4n) is 4.87. The number of carbonyl (C=O) groups is 2. The second-order valence-corrected chi connectivity index (χ2v) is 11.4. The number of halogens is 2. The summed E-state index contributed by atoms with van der Waals surface area (Å²) in [6, 6.07) is 18.5. The number of nitrogens with zero attached hydrogens (tertiary/aromatic N) is 2. The molecule has 3 N–H and O–H groups in total. The number of anilines is 3. The number of aryl methyl sites for hydroxylation is 1. The summed E-state index contributed by atoms with van der Waals surface area (Å²) in [5.74, 6) is 0.487. The molecule has 196 valence electrons. The van der Waals surface area contributed by atoms with Crippen molar-refractivity contribution >= 4 is 67.7 Å². The Balaban J connectivity index is 1.31. The van der Waals surface area contributed by atoms with Crippen molar-refractivity contribution in [3.63, 3.8) is 0 Å². The molecule has 3 aromatic carbocycles. The molecule has 5 rings (SSSR count). The van der Waals surface area contributed by atoms with Crippen molar-refractivity contribution in [2.75, 3.05) is 10.6 Å². The van der Waals surface area contributed by atoms with E-state index in [0.29, 0.717) is 40.0 Å². The van der Waals surface area contributed by atoms with Crippen LogP contribution in [0, 0.1) is 5.41 Å². The molecule has 1 aliphatic rings. The standard InChI is InChI=1S/C29H29BrClN5O2/c1-29(13-3-4-14-29)27(38)32-17-18-5-11-22(31)23(15-18)34-28-35-24-16-19(6-12-25(24)36(28)2)26(37)33-21-9-7-20(30)8-10-21/h5-12,15-16H,3-4,13-14,17H2,1-2H3,(H,32,38)(H,33,37)(H,34,35). The van der Waals surface area contributed by atoms with Crippen molar-refractivity contribution in [1.29, 1.82) is 0 Å². The van der Waals surface area contributed by atoms with Gasteiger partial charge in [-0.2, -0.15) is 0 Å². The molecule has 0 bridgehead atoms. The van der Waals surface area contributed by atoms with Crippen molar-refractivity contribution in [1.82, 2.24) is 14.9 Å². The van der Waals surface area contributed by atoms with Crippen LogP contribution < -0.4 is 16.0 Å². The van der Waals surface area contributed by atoms with E-state index in [4.69, 9.17) is 16.6 Å². The normalized spacial score (nSPS) is 14.4. The van der Waals surface area contributed by atoms with Crippen LogP contribution in [0.25, 0.3) is 11.0 Å². The van der Waals surface area contributed by atoms with Gasteiger partial charge in [0, 0.05) is 34.7 Å². The van der Waals surface area contributed by atoms with Crippen LogP contribution in [-0.2, 0) is 18.4 Å². The Morgan fingerprint density at radius 3 is 2.53 bits per heavy atom. The van der Waals surface area contributed by atoms with Gasteiger partial charge in [0.1, 0.15) is 0 Å². The first kappa shape index (κ1) is 26.3. The SMILES string of the molecule is Cn1c(Nc2cc(CNC(=O)C3(C)CCCC3)ccc2Cl)nc2cc(C(=O)Nc3ccc(Br)cc3)ccc21. The van der Waals surface area contributed by atoms with Gasteiger partial charge in [0.2, 0.25) is 11.9 Å². The van der Waals surface area contributed by atoms with E-state index in [2.05, 4.69) is 31.9 Å². The molecule has 1 aromatic heterocycles. The molecule has 38 heavy (non-hydrogen) atoms. The highest BCUT2D eigenvalue weighted by Crippen LogP contribution is 2.37. The molecular formula is C29H29BrClN5O2. The molecular weight excluding hydrogens is 566 g/mol. The molecule has 0 spiro atoms. The van der Waals surface area contributed by atoms with Crippen LogP contribution in [0.3, 0.4) is 0 Å². The summed E-state index contributed by atoms with van der Waals surface area (Å²) in [5.41, 5.74) is 4.14. The van der Waals surface area contributed by atoms with Crippen LogP contribution in [0.5, 0.6) is 0 Å². The molecule has 1 aliphatic carbocycles. The van der Waals surface area contributed by atoms with E-state index in [9.17, 15) is 9.59 Å². The van der Waals surface area contributed by atoms with E-state index in [0.717, 1.165) is 41.2 Å². The number of amides is 2. The third-order valence-corrected chi connectivity index (χ3v) is 8.09. The van der Waals surface area contributed by atoms with Gasteiger partial charge in [0.15, 0.2) is 0 Å². The van der Waals surface area contributed by atoms with Gasteiger partial charge in [0.25, 0.3) is 5.91 Å². The van der Waals surface area contributed by atoms with Crippen LogP contribution >= 0.6 is 27.5 Å². The second-order valence-electron chi connectivity index (χ2n) is 10.0. The summed E-state index contributed by atoms with van der Waals surface area (Å²) < 4.78 is 2.86. The van der Waals surface area contributed by atoms with E-state index >= 15 is 0 Å². The zero-order valence-electron chi connectivity index (χ0n) is 21.3. The summed E-state index contributed by atoms with van der Waals surface area (Å²) in [7, 11) is 1.90. The van der Waals surface area contributed by atoms with Crippen molar-refractivity contribution in [2.45, 2.75) is 39.2 Å². The predicted octanol–water partition coefficient (Wildman–Crippen LogP) is 7.18. The summed E-state index contributed by atoms with van der Waals surface area (Å²) in [6.07, 6.45) is 4.09. The first-order valence-corrected chi connectivity index (χ1v) is 13.8. The molecule has 0 unspecified atom stereocenters. The molecule has 0 atom stereocenters. The number of hydrogen-bond donors (Lipinski definition) is 3. The minimum Gasteiger partial charge on any atom is -0.352 e. The third kappa shape index (κ3) is 5.56. The number of fused-ring (bicyclic) bond motifs is 1. The number of carbonyl (C=O) groups excluding carboxylic acids is 2. The van der Waals surface area contributed by atoms with E-state index in [-0.39, 0.29) is 17.2 Å². The lowest BCUT2D eigenvalue weighted by Gasteiger charge is -2.22. The lowest BCUT2D eigenvalue weighted by atomic mass is 9.88. The first-order chi connectivity index (χ1) is 18.2. The lowest BCUT2D eigenvalue weighted by molar-refractivity contribution is -0.130. The fourth-order valence-corrected chi connectivity index (χ4v) is 5.30. The summed E-state index contributed by atoms with van der Waals surface area (Å²) >= 11 is 9.89. The minimum atomic E-state index is -0.269. The van der Waals surface area contributed by atoms with Crippen molar-refractivity contribution in [3.8, 4) is 0 Å². The zero-order valence-corrected chi connectivity index (χ0v) is 23.6. The van der Waals surface area contributed by atoms with Crippen LogP contribution in [0.1, 0.15) is 48.5 Å². The maximum atomic E-state index is 12.8. The van der Waals surface area contributed by atoms with Gasteiger partial charge in [-0.25, -0.2) is 4.98 Å². The molecule has 9 heteroatoms. The molecule has 7 nitrogen and oxygen atoms in total. The number of benzene rings is 3. The van der Waals surface area contributed by atoms with Crippen LogP contribution in [0.15, 0.2) is 65.1 Å². The molecule has 0 saturated heterocycles. The number of aromatic nitrogens is 2. The van der Waals surface area contributed by atoms with Gasteiger partial charge in [0.05, 0.1) is 21.7 Å². The minimum absolute atomic E-state index is 0.106. The molecule has 0 aliphatic heterocycles. The maximum Gasteiger partial charge on any atom is 0.255 e. The molecule has 2 amide bonds. The van der Waals surface area contributed by atoms with Gasteiger partial charge in [-0.1, -0.05) is 53.4 Å². The van der Waals surface area contributed by atoms with Gasteiger partial charge in [-0.3, -0.25) is 9.59 Å². The number of imidazole rings is 1. The molecule has 1 saturated carbocycles. The van der Waals surface area contributed by atoms with E-state index in [1.807, 2.05) is 67.1 Å². The number of rotatable bonds is 7. The summed E-state index contributed by atoms with van der Waals surface area (Å²) in [6.45, 7) is 2.48. The third-order valence-electron chi connectivity index (χ3n) is 7.23. The highest BCUT2D eigenvalue weighted by atomic mass is 79.9. The summed E-state index contributed by atoms with van der Waals surface area (Å²) in [4.78, 5) is 30.2. The average molecular weight is 595 g/mol. The highest BCUT2D eigenvalue weighted by Gasteiger charge is 2.35. The molecule has 4 aromatic rings. The van der Waals surface area contributed by atoms with Crippen molar-refractivity contribution < 1.29 is 9.59 Å². The first-order valence-electron chi connectivity index (χ1n) is 12.6. The topological polar surface area (TPSA) is 88.1 Å². The molecule has 1 fully saturated rings. The monoisotopic (exact) mass is 593 g/mol. The Morgan fingerprint density at radius 1 is 1.05 bits per heavy atom. The zero-order chi connectivity index (χ0) is 26.9. The average Bonchev–Trinajstić information content (AvgIpc) is 3.49. The van der Waals surface area contributed by atoms with Gasteiger partial charge >= 0.3 is 0 Å². The lowest BCUT2D eigenvalue weighted by Crippen LogP contribution is -2.36. The van der Waals surface area contributed by atoms with Gasteiger partial charge in [-0.15, -0.1) is 0 Å². The number of hydrogen-bond acceptors (Lipinski definition) is 4. The van der Waals surface area contributed by atoms with Crippen LogP contribution in [0.2, 0.25) is 5.02 Å². The smallest absolute Gasteiger partial charge is 0.255 e. The number of nitrogens with one attached hydrogen (secondary N) is 3. The van der Waals surface area contributed by atoms with Crippen molar-refractivity contribution in [2.24, 2.45) is 12.5 Å².